The van der Waals surface area contributed by atoms with Crippen LogP contribution in [0, 0.1) is 5.92 Å². The number of methoxy groups -OCH3 is 1. The Morgan fingerprint density at radius 1 is 1.35 bits per heavy atom. The monoisotopic (exact) mass is 296 g/mol. The lowest BCUT2D eigenvalue weighted by Gasteiger charge is -2.31. The van der Waals surface area contributed by atoms with Crippen molar-refractivity contribution in [2.45, 2.75) is 6.42 Å². The number of hydrazine groups is 1. The third-order valence-electron chi connectivity index (χ3n) is 2.97. The van der Waals surface area contributed by atoms with Crippen molar-refractivity contribution in [2.75, 3.05) is 13.7 Å². The predicted octanol–water partition coefficient (Wildman–Crippen LogP) is 1.01. The van der Waals surface area contributed by atoms with Crippen molar-refractivity contribution in [2.24, 2.45) is 5.92 Å². The normalized spacial score (nSPS) is 18.4. The van der Waals surface area contributed by atoms with Crippen LogP contribution in [0.4, 0.5) is 0 Å². The van der Waals surface area contributed by atoms with Gasteiger partial charge in [0, 0.05) is 17.0 Å². The average Bonchev–Trinajstić information content (AvgIpc) is 2.45. The number of nitrogens with one attached hydrogen (secondary N) is 1. The molecule has 0 aromatic heterocycles. The molecule has 20 heavy (non-hydrogen) atoms. The van der Waals surface area contributed by atoms with Crippen LogP contribution in [0.2, 0.25) is 5.02 Å². The molecule has 0 saturated carbocycles. The lowest BCUT2D eigenvalue weighted by molar-refractivity contribution is -0.151. The fraction of sp³-hybridized carbons (Fsp3) is 0.308. The van der Waals surface area contributed by atoms with Gasteiger partial charge in [0.2, 0.25) is 5.91 Å². The number of halogens is 1. The van der Waals surface area contributed by atoms with Gasteiger partial charge in [-0.1, -0.05) is 11.6 Å². The zero-order valence-electron chi connectivity index (χ0n) is 10.8. The first-order chi connectivity index (χ1) is 9.51. The van der Waals surface area contributed by atoms with Crippen molar-refractivity contribution in [1.82, 2.24) is 10.4 Å². The van der Waals surface area contributed by atoms with Crippen molar-refractivity contribution in [3.05, 3.63) is 34.9 Å². The van der Waals surface area contributed by atoms with Crippen LogP contribution in [0.25, 0.3) is 0 Å². The van der Waals surface area contributed by atoms with Gasteiger partial charge in [-0.05, 0) is 24.3 Å². The van der Waals surface area contributed by atoms with E-state index in [1.165, 1.54) is 7.11 Å². The lowest BCUT2D eigenvalue weighted by atomic mass is 10.0. The summed E-state index contributed by atoms with van der Waals surface area (Å²) < 4.78 is 4.61. The smallest absolute Gasteiger partial charge is 0.311 e. The molecule has 1 aliphatic rings. The van der Waals surface area contributed by atoms with E-state index in [2.05, 4.69) is 10.2 Å². The first kappa shape index (κ1) is 14.3. The summed E-state index contributed by atoms with van der Waals surface area (Å²) in [6.45, 7) is 0.0832. The highest BCUT2D eigenvalue weighted by atomic mass is 35.5. The summed E-state index contributed by atoms with van der Waals surface area (Å²) >= 11 is 5.75. The largest absolute Gasteiger partial charge is 0.469 e. The second kappa shape index (κ2) is 5.92. The van der Waals surface area contributed by atoms with Crippen LogP contribution < -0.4 is 5.43 Å². The number of esters is 1. The molecule has 2 amide bonds. The van der Waals surface area contributed by atoms with Crippen LogP contribution in [-0.2, 0) is 14.3 Å². The average molecular weight is 297 g/mol. The Kier molecular flexibility index (Phi) is 4.24. The van der Waals surface area contributed by atoms with Gasteiger partial charge in [0.25, 0.3) is 5.91 Å². The molecule has 6 nitrogen and oxygen atoms in total. The van der Waals surface area contributed by atoms with Gasteiger partial charge in [-0.15, -0.1) is 0 Å². The molecule has 0 aliphatic carbocycles. The number of benzene rings is 1. The minimum atomic E-state index is -0.648. The first-order valence-electron chi connectivity index (χ1n) is 5.96. The molecule has 1 fully saturated rings. The van der Waals surface area contributed by atoms with Crippen molar-refractivity contribution in [3.63, 3.8) is 0 Å². The van der Waals surface area contributed by atoms with Gasteiger partial charge in [-0.2, -0.15) is 0 Å². The van der Waals surface area contributed by atoms with Crippen molar-refractivity contribution in [1.29, 1.82) is 0 Å². The minimum Gasteiger partial charge on any atom is -0.469 e. The van der Waals surface area contributed by atoms with E-state index >= 15 is 0 Å². The molecule has 1 heterocycles. The number of ether oxygens (including phenoxy) is 1. The Labute approximate surface area is 120 Å². The molecule has 1 atom stereocenters. The molecule has 7 heteroatoms. The number of carbonyl (C=O) groups is 3. The third-order valence-corrected chi connectivity index (χ3v) is 3.22. The molecule has 0 bridgehead atoms. The van der Waals surface area contributed by atoms with Crippen LogP contribution in [0.1, 0.15) is 16.8 Å². The molecule has 2 rings (SSSR count). The van der Waals surface area contributed by atoms with Crippen molar-refractivity contribution in [3.8, 4) is 0 Å². The third kappa shape index (κ3) is 3.08. The van der Waals surface area contributed by atoms with Crippen LogP contribution in [0.5, 0.6) is 0 Å². The van der Waals surface area contributed by atoms with Gasteiger partial charge >= 0.3 is 5.97 Å². The molecule has 1 saturated heterocycles. The molecule has 1 aromatic carbocycles. The summed E-state index contributed by atoms with van der Waals surface area (Å²) in [4.78, 5) is 35.3. The Morgan fingerprint density at radius 2 is 2.00 bits per heavy atom. The molecule has 106 valence electrons. The minimum absolute atomic E-state index is 0.0110. The SMILES string of the molecule is COC(=O)C1CC(=O)NN(C(=O)c2ccc(Cl)cc2)C1. The number of hydrogen-bond donors (Lipinski definition) is 1. The number of carbonyl (C=O) groups excluding carboxylic acids is 3. The number of amides is 2. The van der Waals surface area contributed by atoms with Crippen LogP contribution >= 0.6 is 11.6 Å². The van der Waals surface area contributed by atoms with Gasteiger partial charge in [0.05, 0.1) is 19.6 Å². The Hall–Kier alpha value is -2.08. The summed E-state index contributed by atoms with van der Waals surface area (Å²) in [5, 5.41) is 1.63. The Balaban J connectivity index is 2.14. The number of hydrogen-bond acceptors (Lipinski definition) is 4. The van der Waals surface area contributed by atoms with Crippen LogP contribution in [-0.4, -0.2) is 36.4 Å². The van der Waals surface area contributed by atoms with Gasteiger partial charge in [-0.25, -0.2) is 5.01 Å². The molecule has 0 spiro atoms. The van der Waals surface area contributed by atoms with E-state index in [9.17, 15) is 14.4 Å². The standard InChI is InChI=1S/C13H13ClN2O4/c1-20-13(19)9-6-11(17)15-16(7-9)12(18)8-2-4-10(14)5-3-8/h2-5,9H,6-7H2,1H3,(H,15,17). The summed E-state index contributed by atoms with van der Waals surface area (Å²) in [6, 6.07) is 6.27. The zero-order valence-corrected chi connectivity index (χ0v) is 11.5. The van der Waals surface area contributed by atoms with Gasteiger partial charge < -0.3 is 4.74 Å². The first-order valence-corrected chi connectivity index (χ1v) is 6.34. The number of rotatable bonds is 2. The van der Waals surface area contributed by atoms with Gasteiger partial charge in [0.1, 0.15) is 0 Å². The zero-order chi connectivity index (χ0) is 14.7. The van der Waals surface area contributed by atoms with Crippen molar-refractivity contribution < 1.29 is 19.1 Å². The summed E-state index contributed by atoms with van der Waals surface area (Å²) in [7, 11) is 1.25. The van der Waals surface area contributed by atoms with E-state index in [0.717, 1.165) is 5.01 Å². The summed E-state index contributed by atoms with van der Waals surface area (Å²) in [5.74, 6) is -1.95. The maximum atomic E-state index is 12.2. The molecular weight excluding hydrogens is 284 g/mol. The Bertz CT molecular complexity index is 544. The molecular formula is C13H13ClN2O4. The van der Waals surface area contributed by atoms with Crippen LogP contribution in [0.15, 0.2) is 24.3 Å². The predicted molar refractivity (Wildman–Crippen MR) is 70.8 cm³/mol. The Morgan fingerprint density at radius 3 is 2.60 bits per heavy atom. The highest BCUT2D eigenvalue weighted by Gasteiger charge is 2.33. The maximum Gasteiger partial charge on any atom is 0.311 e. The molecule has 1 aliphatic heterocycles. The quantitative estimate of drug-likeness (QED) is 0.826. The van der Waals surface area contributed by atoms with E-state index in [4.69, 9.17) is 11.6 Å². The molecule has 1 aromatic rings. The van der Waals surface area contributed by atoms with Gasteiger partial charge in [-0.3, -0.25) is 19.8 Å². The second-order valence-corrected chi connectivity index (χ2v) is 4.82. The topological polar surface area (TPSA) is 75.7 Å². The highest BCUT2D eigenvalue weighted by molar-refractivity contribution is 6.30. The van der Waals surface area contributed by atoms with E-state index in [-0.39, 0.29) is 13.0 Å². The summed E-state index contributed by atoms with van der Waals surface area (Å²) in [6.07, 6.45) is 0.0110. The fourth-order valence-corrected chi connectivity index (χ4v) is 2.08. The molecule has 1 N–H and O–H groups in total. The fourth-order valence-electron chi connectivity index (χ4n) is 1.96. The number of nitrogens with zero attached hydrogens (tertiary/aromatic N) is 1. The van der Waals surface area contributed by atoms with Crippen LogP contribution in [0.3, 0.4) is 0 Å². The van der Waals surface area contributed by atoms with E-state index in [0.29, 0.717) is 10.6 Å². The second-order valence-electron chi connectivity index (χ2n) is 4.38. The highest BCUT2D eigenvalue weighted by Crippen LogP contribution is 2.16. The van der Waals surface area contributed by atoms with Crippen molar-refractivity contribution >= 4 is 29.4 Å². The van der Waals surface area contributed by atoms with Gasteiger partial charge in [0.15, 0.2) is 0 Å². The van der Waals surface area contributed by atoms with E-state index < -0.39 is 23.7 Å². The molecule has 0 radical (unpaired) electrons. The van der Waals surface area contributed by atoms with E-state index in [1.54, 1.807) is 24.3 Å². The molecule has 1 unspecified atom stereocenters. The van der Waals surface area contributed by atoms with E-state index in [1.807, 2.05) is 0 Å². The maximum absolute atomic E-state index is 12.2. The summed E-state index contributed by atoms with van der Waals surface area (Å²) in [5.41, 5.74) is 2.82. The lowest BCUT2D eigenvalue weighted by Crippen LogP contribution is -2.54.